The molecule has 1 aromatic heterocycles. The summed E-state index contributed by atoms with van der Waals surface area (Å²) in [7, 11) is 0. The van der Waals surface area contributed by atoms with Gasteiger partial charge in [0.15, 0.2) is 0 Å². The zero-order valence-corrected chi connectivity index (χ0v) is 11.9. The molecule has 0 aromatic carbocycles. The van der Waals surface area contributed by atoms with Gasteiger partial charge in [-0.25, -0.2) is 4.98 Å². The Morgan fingerprint density at radius 3 is 2.71 bits per heavy atom. The fourth-order valence-corrected chi connectivity index (χ4v) is 3.59. The minimum absolute atomic E-state index is 0.473. The topological polar surface area (TPSA) is 24.9 Å². The van der Waals surface area contributed by atoms with Gasteiger partial charge in [0.25, 0.3) is 0 Å². The van der Waals surface area contributed by atoms with Crippen molar-refractivity contribution in [3.8, 4) is 0 Å². The number of nitrogens with one attached hydrogen (secondary N) is 1. The highest BCUT2D eigenvalue weighted by molar-refractivity contribution is 7.09. The highest BCUT2D eigenvalue weighted by Crippen LogP contribution is 2.39. The average Bonchev–Trinajstić information content (AvgIpc) is 2.80. The van der Waals surface area contributed by atoms with Crippen LogP contribution in [0.2, 0.25) is 0 Å². The molecule has 1 fully saturated rings. The summed E-state index contributed by atoms with van der Waals surface area (Å²) in [6.07, 6.45) is 10.0. The van der Waals surface area contributed by atoms with Crippen LogP contribution in [0.1, 0.15) is 51.0 Å². The van der Waals surface area contributed by atoms with Gasteiger partial charge in [0.05, 0.1) is 5.01 Å². The van der Waals surface area contributed by atoms with Crippen molar-refractivity contribution in [1.82, 2.24) is 10.3 Å². The molecule has 1 saturated carbocycles. The Morgan fingerprint density at radius 2 is 2.12 bits per heavy atom. The Kier molecular flexibility index (Phi) is 4.57. The van der Waals surface area contributed by atoms with Gasteiger partial charge in [-0.15, -0.1) is 11.3 Å². The predicted molar refractivity (Wildman–Crippen MR) is 74.5 cm³/mol. The molecule has 1 aliphatic rings. The largest absolute Gasteiger partial charge is 0.314 e. The van der Waals surface area contributed by atoms with Gasteiger partial charge in [-0.3, -0.25) is 0 Å². The molecule has 2 rings (SSSR count). The van der Waals surface area contributed by atoms with E-state index in [1.165, 1.54) is 43.5 Å². The summed E-state index contributed by atoms with van der Waals surface area (Å²) in [5.41, 5.74) is 0.473. The van der Waals surface area contributed by atoms with E-state index in [0.717, 1.165) is 6.54 Å². The molecule has 1 N–H and O–H groups in total. The lowest BCUT2D eigenvalue weighted by molar-refractivity contribution is 0.176. The van der Waals surface area contributed by atoms with Crippen LogP contribution in [-0.4, -0.2) is 17.6 Å². The number of thiazole rings is 1. The van der Waals surface area contributed by atoms with Crippen LogP contribution in [0.3, 0.4) is 0 Å². The van der Waals surface area contributed by atoms with Crippen LogP contribution < -0.4 is 5.32 Å². The lowest BCUT2D eigenvalue weighted by Crippen LogP contribution is -2.40. The molecule has 0 atom stereocenters. The number of hydrogen-bond donors (Lipinski definition) is 1. The SMILES string of the molecule is CC(C)NCC1(Cc2nccs2)CCCCC1. The fraction of sp³-hybridized carbons (Fsp3) is 0.786. The first-order chi connectivity index (χ1) is 8.20. The minimum Gasteiger partial charge on any atom is -0.314 e. The quantitative estimate of drug-likeness (QED) is 0.865. The maximum absolute atomic E-state index is 4.47. The summed E-state index contributed by atoms with van der Waals surface area (Å²) in [4.78, 5) is 4.47. The van der Waals surface area contributed by atoms with Gasteiger partial charge in [0.2, 0.25) is 0 Å². The highest BCUT2D eigenvalue weighted by Gasteiger charge is 2.32. The fourth-order valence-electron chi connectivity index (χ4n) is 2.80. The van der Waals surface area contributed by atoms with Crippen LogP contribution in [-0.2, 0) is 6.42 Å². The van der Waals surface area contributed by atoms with Gasteiger partial charge in [-0.2, -0.15) is 0 Å². The van der Waals surface area contributed by atoms with Crippen LogP contribution in [0, 0.1) is 5.41 Å². The first-order valence-electron chi connectivity index (χ1n) is 6.82. The molecule has 1 heterocycles. The van der Waals surface area contributed by atoms with Gasteiger partial charge in [-0.1, -0.05) is 33.1 Å². The van der Waals surface area contributed by atoms with E-state index in [1.54, 1.807) is 0 Å². The predicted octanol–water partition coefficient (Wildman–Crippen LogP) is 3.63. The van der Waals surface area contributed by atoms with Crippen molar-refractivity contribution < 1.29 is 0 Å². The minimum atomic E-state index is 0.473. The van der Waals surface area contributed by atoms with Gasteiger partial charge in [0, 0.05) is 30.6 Å². The number of rotatable bonds is 5. The molecule has 0 saturated heterocycles. The third kappa shape index (κ3) is 3.78. The molecule has 0 bridgehead atoms. The second kappa shape index (κ2) is 5.96. The van der Waals surface area contributed by atoms with E-state index in [9.17, 15) is 0 Å². The smallest absolute Gasteiger partial charge is 0.0930 e. The zero-order valence-electron chi connectivity index (χ0n) is 11.0. The molecule has 17 heavy (non-hydrogen) atoms. The van der Waals surface area contributed by atoms with Gasteiger partial charge in [-0.05, 0) is 18.3 Å². The average molecular weight is 252 g/mol. The van der Waals surface area contributed by atoms with Crippen molar-refractivity contribution in [2.45, 2.75) is 58.4 Å². The van der Waals surface area contributed by atoms with E-state index >= 15 is 0 Å². The molecule has 0 radical (unpaired) electrons. The molecule has 0 spiro atoms. The first kappa shape index (κ1) is 13.0. The Hall–Kier alpha value is -0.410. The lowest BCUT2D eigenvalue weighted by Gasteiger charge is -2.37. The standard InChI is InChI=1S/C14H24N2S/c1-12(2)16-11-14(6-4-3-5-7-14)10-13-15-8-9-17-13/h8-9,12,16H,3-7,10-11H2,1-2H3. The normalized spacial score (nSPS) is 19.7. The van der Waals surface area contributed by atoms with E-state index in [4.69, 9.17) is 0 Å². The van der Waals surface area contributed by atoms with E-state index in [1.807, 2.05) is 17.5 Å². The van der Waals surface area contributed by atoms with Gasteiger partial charge >= 0.3 is 0 Å². The Balaban J connectivity index is 2.00. The Bertz CT molecular complexity index is 313. The molecule has 3 heteroatoms. The molecule has 96 valence electrons. The van der Waals surface area contributed by atoms with Crippen molar-refractivity contribution in [2.24, 2.45) is 5.41 Å². The lowest BCUT2D eigenvalue weighted by atomic mass is 9.72. The van der Waals surface area contributed by atoms with Crippen molar-refractivity contribution in [3.63, 3.8) is 0 Å². The van der Waals surface area contributed by atoms with Crippen LogP contribution in [0.15, 0.2) is 11.6 Å². The molecule has 0 amide bonds. The summed E-state index contributed by atoms with van der Waals surface area (Å²) in [6, 6.07) is 0.588. The molecular formula is C14H24N2S. The second-order valence-corrected chi connectivity index (χ2v) is 6.68. The van der Waals surface area contributed by atoms with Crippen molar-refractivity contribution in [1.29, 1.82) is 0 Å². The summed E-state index contributed by atoms with van der Waals surface area (Å²) < 4.78 is 0. The van der Waals surface area contributed by atoms with E-state index in [2.05, 4.69) is 29.5 Å². The molecule has 0 unspecified atom stereocenters. The summed E-state index contributed by atoms with van der Waals surface area (Å²) in [5, 5.41) is 7.06. The molecule has 0 aliphatic heterocycles. The Labute approximate surface area is 109 Å². The first-order valence-corrected chi connectivity index (χ1v) is 7.70. The molecule has 1 aliphatic carbocycles. The Morgan fingerprint density at radius 1 is 1.35 bits per heavy atom. The van der Waals surface area contributed by atoms with Crippen LogP contribution in [0.25, 0.3) is 0 Å². The van der Waals surface area contributed by atoms with Gasteiger partial charge < -0.3 is 5.32 Å². The zero-order chi connectivity index (χ0) is 12.1. The number of hydrogen-bond acceptors (Lipinski definition) is 3. The third-order valence-electron chi connectivity index (χ3n) is 3.81. The molecule has 2 nitrogen and oxygen atoms in total. The monoisotopic (exact) mass is 252 g/mol. The maximum atomic E-state index is 4.47. The molecule has 1 aromatic rings. The summed E-state index contributed by atoms with van der Waals surface area (Å²) in [6.45, 7) is 5.63. The molecular weight excluding hydrogens is 228 g/mol. The van der Waals surface area contributed by atoms with E-state index < -0.39 is 0 Å². The van der Waals surface area contributed by atoms with E-state index in [-0.39, 0.29) is 0 Å². The van der Waals surface area contributed by atoms with Crippen molar-refractivity contribution in [3.05, 3.63) is 16.6 Å². The summed E-state index contributed by atoms with van der Waals surface area (Å²) in [5.74, 6) is 0. The van der Waals surface area contributed by atoms with Crippen LogP contribution in [0.4, 0.5) is 0 Å². The third-order valence-corrected chi connectivity index (χ3v) is 4.59. The van der Waals surface area contributed by atoms with Gasteiger partial charge in [0.1, 0.15) is 0 Å². The van der Waals surface area contributed by atoms with Crippen molar-refractivity contribution >= 4 is 11.3 Å². The maximum Gasteiger partial charge on any atom is 0.0930 e. The number of nitrogens with zero attached hydrogens (tertiary/aromatic N) is 1. The van der Waals surface area contributed by atoms with Crippen molar-refractivity contribution in [2.75, 3.05) is 6.54 Å². The summed E-state index contributed by atoms with van der Waals surface area (Å²) >= 11 is 1.81. The number of aromatic nitrogens is 1. The second-order valence-electron chi connectivity index (χ2n) is 5.70. The van der Waals surface area contributed by atoms with E-state index in [0.29, 0.717) is 11.5 Å². The van der Waals surface area contributed by atoms with Crippen LogP contribution in [0.5, 0.6) is 0 Å². The van der Waals surface area contributed by atoms with Crippen LogP contribution >= 0.6 is 11.3 Å². The highest BCUT2D eigenvalue weighted by atomic mass is 32.1.